The fourth-order valence-corrected chi connectivity index (χ4v) is 3.77. The van der Waals surface area contributed by atoms with Crippen LogP contribution in [0.1, 0.15) is 36.4 Å². The van der Waals surface area contributed by atoms with Gasteiger partial charge in [0.05, 0.1) is 36.2 Å². The van der Waals surface area contributed by atoms with Crippen LogP contribution in [0.3, 0.4) is 0 Å². The van der Waals surface area contributed by atoms with E-state index in [1.807, 2.05) is 35.3 Å². The average Bonchev–Trinajstić information content (AvgIpc) is 3.39. The van der Waals surface area contributed by atoms with E-state index >= 15 is 0 Å². The highest BCUT2D eigenvalue weighted by molar-refractivity contribution is 7.12. The van der Waals surface area contributed by atoms with Gasteiger partial charge in [-0.1, -0.05) is 13.8 Å². The third-order valence-corrected chi connectivity index (χ3v) is 5.44. The van der Waals surface area contributed by atoms with Crippen LogP contribution in [0.5, 0.6) is 11.5 Å². The van der Waals surface area contributed by atoms with Crippen molar-refractivity contribution in [3.8, 4) is 11.5 Å². The first-order valence-electron chi connectivity index (χ1n) is 10.4. The second kappa shape index (κ2) is 16.0. The summed E-state index contributed by atoms with van der Waals surface area (Å²) in [5, 5.41) is 4.02. The first-order chi connectivity index (χ1) is 14.8. The Morgan fingerprint density at radius 3 is 1.57 bits per heavy atom. The van der Waals surface area contributed by atoms with Crippen LogP contribution in [0, 0.1) is 0 Å². The van der Waals surface area contributed by atoms with Gasteiger partial charge in [0.1, 0.15) is 24.7 Å². The Kier molecular flexibility index (Phi) is 13.1. The normalized spacial score (nSPS) is 11.7. The zero-order valence-electron chi connectivity index (χ0n) is 17.9. The number of rotatable bonds is 17. The van der Waals surface area contributed by atoms with E-state index < -0.39 is 0 Å². The standard InChI is InChI=1S/C22H32N2O4S2/c1-3-7-23-17-21-19(5-15-29-21)27-13-11-25-9-10-26-12-14-28-20-6-16-30-22(20)18-24-8-4-2/h5-6,15-18H,3-4,7-14H2,1-2H3. The van der Waals surface area contributed by atoms with Crippen molar-refractivity contribution < 1.29 is 18.9 Å². The molecule has 0 radical (unpaired) electrons. The molecule has 0 spiro atoms. The maximum Gasteiger partial charge on any atom is 0.138 e. The number of ether oxygens (including phenoxy) is 4. The molecule has 2 aromatic rings. The van der Waals surface area contributed by atoms with Crippen LogP contribution in [0.25, 0.3) is 0 Å². The Bertz CT molecular complexity index is 681. The molecule has 6 nitrogen and oxygen atoms in total. The third-order valence-electron chi connectivity index (χ3n) is 3.78. The molecule has 0 N–H and O–H groups in total. The zero-order chi connectivity index (χ0) is 21.3. The maximum absolute atomic E-state index is 5.76. The average molecular weight is 453 g/mol. The molecule has 0 amide bonds. The van der Waals surface area contributed by atoms with Crippen molar-refractivity contribution in [1.29, 1.82) is 0 Å². The topological polar surface area (TPSA) is 61.6 Å². The summed E-state index contributed by atoms with van der Waals surface area (Å²) in [5.41, 5.74) is 0. The first-order valence-corrected chi connectivity index (χ1v) is 12.2. The molecule has 0 atom stereocenters. The Hall–Kier alpha value is -1.74. The SMILES string of the molecule is CCCN=Cc1sccc1OCCOCCOCCOc1ccsc1C=NCCC. The quantitative estimate of drug-likeness (QED) is 0.251. The van der Waals surface area contributed by atoms with Crippen molar-refractivity contribution in [1.82, 2.24) is 0 Å². The number of thiophene rings is 2. The van der Waals surface area contributed by atoms with E-state index in [0.717, 1.165) is 47.2 Å². The van der Waals surface area contributed by atoms with Crippen molar-refractivity contribution >= 4 is 35.1 Å². The summed E-state index contributed by atoms with van der Waals surface area (Å²) in [6, 6.07) is 3.94. The van der Waals surface area contributed by atoms with Gasteiger partial charge < -0.3 is 18.9 Å². The van der Waals surface area contributed by atoms with Gasteiger partial charge in [-0.25, -0.2) is 0 Å². The largest absolute Gasteiger partial charge is 0.490 e. The predicted molar refractivity (Wildman–Crippen MR) is 127 cm³/mol. The highest BCUT2D eigenvalue weighted by Gasteiger charge is 2.04. The molecule has 2 rings (SSSR count). The zero-order valence-corrected chi connectivity index (χ0v) is 19.5. The lowest BCUT2D eigenvalue weighted by Crippen LogP contribution is -2.13. The van der Waals surface area contributed by atoms with Crippen molar-refractivity contribution in [2.24, 2.45) is 9.98 Å². The number of hydrogen-bond donors (Lipinski definition) is 0. The van der Waals surface area contributed by atoms with Crippen molar-refractivity contribution in [3.63, 3.8) is 0 Å². The van der Waals surface area contributed by atoms with Crippen molar-refractivity contribution in [2.75, 3.05) is 52.7 Å². The number of nitrogens with zero attached hydrogens (tertiary/aromatic N) is 2. The van der Waals surface area contributed by atoms with Crippen LogP contribution in [-0.4, -0.2) is 65.2 Å². The van der Waals surface area contributed by atoms with Crippen LogP contribution in [0.2, 0.25) is 0 Å². The number of hydrogen-bond acceptors (Lipinski definition) is 8. The smallest absolute Gasteiger partial charge is 0.138 e. The van der Waals surface area contributed by atoms with Gasteiger partial charge in [0.2, 0.25) is 0 Å². The second-order valence-electron chi connectivity index (χ2n) is 6.29. The molecule has 2 heterocycles. The van der Waals surface area contributed by atoms with E-state index in [4.69, 9.17) is 18.9 Å². The Morgan fingerprint density at radius 1 is 0.700 bits per heavy atom. The second-order valence-corrected chi connectivity index (χ2v) is 8.19. The summed E-state index contributed by atoms with van der Waals surface area (Å²) in [5.74, 6) is 1.73. The third kappa shape index (κ3) is 9.84. The molecule has 0 aromatic carbocycles. The summed E-state index contributed by atoms with van der Waals surface area (Å²) >= 11 is 3.26. The van der Waals surface area contributed by atoms with Crippen LogP contribution in [0.15, 0.2) is 32.9 Å². The minimum absolute atomic E-state index is 0.509. The molecule has 2 aromatic heterocycles. The van der Waals surface area contributed by atoms with Gasteiger partial charge in [0.25, 0.3) is 0 Å². The molecule has 166 valence electrons. The van der Waals surface area contributed by atoms with Gasteiger partial charge in [-0.3, -0.25) is 9.98 Å². The molecule has 0 fully saturated rings. The lowest BCUT2D eigenvalue weighted by atomic mass is 10.4. The van der Waals surface area contributed by atoms with Gasteiger partial charge >= 0.3 is 0 Å². The molecule has 0 aliphatic rings. The van der Waals surface area contributed by atoms with Gasteiger partial charge in [-0.2, -0.15) is 0 Å². The van der Waals surface area contributed by atoms with Gasteiger partial charge in [-0.15, -0.1) is 22.7 Å². The van der Waals surface area contributed by atoms with Crippen molar-refractivity contribution in [3.05, 3.63) is 32.6 Å². The minimum Gasteiger partial charge on any atom is -0.490 e. The van der Waals surface area contributed by atoms with Crippen LogP contribution >= 0.6 is 22.7 Å². The Morgan fingerprint density at radius 2 is 1.13 bits per heavy atom. The summed E-state index contributed by atoms with van der Waals surface area (Å²) in [7, 11) is 0. The molecule has 0 aliphatic heterocycles. The first kappa shape index (κ1) is 24.5. The fraction of sp³-hybridized carbons (Fsp3) is 0.545. The van der Waals surface area contributed by atoms with E-state index in [-0.39, 0.29) is 0 Å². The maximum atomic E-state index is 5.76. The van der Waals surface area contributed by atoms with Gasteiger partial charge in [0.15, 0.2) is 0 Å². The predicted octanol–water partition coefficient (Wildman–Crippen LogP) is 4.96. The summed E-state index contributed by atoms with van der Waals surface area (Å²) in [6.45, 7) is 9.04. The Balaban J connectivity index is 1.48. The van der Waals surface area contributed by atoms with E-state index in [9.17, 15) is 0 Å². The summed E-state index contributed by atoms with van der Waals surface area (Å²) in [4.78, 5) is 10.8. The van der Waals surface area contributed by atoms with E-state index in [2.05, 4.69) is 23.8 Å². The molecule has 0 saturated carbocycles. The molecule has 30 heavy (non-hydrogen) atoms. The molecule has 0 unspecified atom stereocenters. The Labute approximate surface area is 187 Å². The van der Waals surface area contributed by atoms with E-state index in [1.54, 1.807) is 22.7 Å². The lowest BCUT2D eigenvalue weighted by Gasteiger charge is -2.08. The summed E-state index contributed by atoms with van der Waals surface area (Å²) < 4.78 is 22.6. The highest BCUT2D eigenvalue weighted by atomic mass is 32.1. The monoisotopic (exact) mass is 452 g/mol. The van der Waals surface area contributed by atoms with Gasteiger partial charge in [-0.05, 0) is 35.7 Å². The number of aliphatic imine (C=N–C) groups is 2. The lowest BCUT2D eigenvalue weighted by molar-refractivity contribution is 0.0274. The van der Waals surface area contributed by atoms with Crippen molar-refractivity contribution in [2.45, 2.75) is 26.7 Å². The van der Waals surface area contributed by atoms with Crippen LogP contribution in [-0.2, 0) is 9.47 Å². The molecule has 0 bridgehead atoms. The van der Waals surface area contributed by atoms with E-state index in [0.29, 0.717) is 39.6 Å². The van der Waals surface area contributed by atoms with Gasteiger partial charge in [0, 0.05) is 25.5 Å². The minimum atomic E-state index is 0.509. The molecule has 0 saturated heterocycles. The molecule has 0 aliphatic carbocycles. The molecular weight excluding hydrogens is 420 g/mol. The van der Waals surface area contributed by atoms with E-state index in [1.165, 1.54) is 0 Å². The fourth-order valence-electron chi connectivity index (χ4n) is 2.34. The summed E-state index contributed by atoms with van der Waals surface area (Å²) in [6.07, 6.45) is 5.86. The molecular formula is C22H32N2O4S2. The van der Waals surface area contributed by atoms with Crippen LogP contribution < -0.4 is 9.47 Å². The highest BCUT2D eigenvalue weighted by Crippen LogP contribution is 2.23. The van der Waals surface area contributed by atoms with Crippen LogP contribution in [0.4, 0.5) is 0 Å². The molecule has 8 heteroatoms.